The van der Waals surface area contributed by atoms with Crippen LogP contribution >= 0.6 is 11.3 Å². The summed E-state index contributed by atoms with van der Waals surface area (Å²) < 4.78 is 6.86. The van der Waals surface area contributed by atoms with Crippen LogP contribution in [-0.2, 0) is 0 Å². The van der Waals surface area contributed by atoms with Crippen LogP contribution in [0.1, 0.15) is 41.1 Å². The van der Waals surface area contributed by atoms with Gasteiger partial charge in [-0.2, -0.15) is 5.10 Å². The fourth-order valence-electron chi connectivity index (χ4n) is 1.69. The Morgan fingerprint density at radius 1 is 1.50 bits per heavy atom. The number of carbonyl (C=O) groups excluding carboxylic acids is 1. The lowest BCUT2D eigenvalue weighted by Crippen LogP contribution is -2.14. The molecule has 0 saturated heterocycles. The molecule has 0 bridgehead atoms. The molecule has 0 N–H and O–H groups in total. The highest BCUT2D eigenvalue weighted by atomic mass is 32.1. The van der Waals surface area contributed by atoms with Crippen molar-refractivity contribution in [1.82, 2.24) is 14.8 Å². The highest BCUT2D eigenvalue weighted by molar-refractivity contribution is 7.09. The molecule has 2 rings (SSSR count). The van der Waals surface area contributed by atoms with Gasteiger partial charge >= 0.3 is 0 Å². The van der Waals surface area contributed by atoms with E-state index in [1.807, 2.05) is 20.8 Å². The average molecular weight is 265 g/mol. The van der Waals surface area contributed by atoms with Crippen LogP contribution in [0.25, 0.3) is 0 Å². The molecular formula is C12H15N3O2S. The minimum atomic E-state index is -0.151. The van der Waals surface area contributed by atoms with Gasteiger partial charge in [-0.15, -0.1) is 11.3 Å². The first kappa shape index (κ1) is 12.8. The number of rotatable bonds is 4. The molecule has 0 radical (unpaired) electrons. The Bertz CT molecular complexity index is 572. The van der Waals surface area contributed by atoms with Gasteiger partial charge in [-0.3, -0.25) is 9.48 Å². The van der Waals surface area contributed by atoms with Gasteiger partial charge in [0, 0.05) is 11.4 Å². The van der Waals surface area contributed by atoms with Gasteiger partial charge in [0.1, 0.15) is 5.69 Å². The molecule has 0 aromatic carbocycles. The van der Waals surface area contributed by atoms with E-state index in [2.05, 4.69) is 10.1 Å². The summed E-state index contributed by atoms with van der Waals surface area (Å²) in [7, 11) is 1.53. The lowest BCUT2D eigenvalue weighted by atomic mass is 10.2. The van der Waals surface area contributed by atoms with Crippen molar-refractivity contribution in [2.75, 3.05) is 7.11 Å². The number of carbonyl (C=O) groups is 1. The second kappa shape index (κ2) is 4.89. The van der Waals surface area contributed by atoms with Crippen molar-refractivity contribution in [3.05, 3.63) is 28.0 Å². The standard InChI is InChI=1S/C12H15N3O2S/c1-7(2)15-11(10(17-4)5-13-15)12(16)9-6-18-8(3)14-9/h5-7H,1-4H3. The molecule has 0 fully saturated rings. The van der Waals surface area contributed by atoms with Gasteiger partial charge in [0.05, 0.1) is 18.3 Å². The van der Waals surface area contributed by atoms with Gasteiger partial charge in [0.2, 0.25) is 5.78 Å². The fourth-order valence-corrected chi connectivity index (χ4v) is 2.29. The van der Waals surface area contributed by atoms with Crippen LogP contribution in [0.2, 0.25) is 0 Å². The Morgan fingerprint density at radius 3 is 2.72 bits per heavy atom. The zero-order chi connectivity index (χ0) is 13.3. The molecule has 0 aliphatic heterocycles. The summed E-state index contributed by atoms with van der Waals surface area (Å²) in [6.45, 7) is 5.81. The van der Waals surface area contributed by atoms with Gasteiger partial charge in [0.25, 0.3) is 0 Å². The van der Waals surface area contributed by atoms with Gasteiger partial charge in [-0.25, -0.2) is 4.98 Å². The summed E-state index contributed by atoms with van der Waals surface area (Å²) in [5, 5.41) is 6.81. The second-order valence-electron chi connectivity index (χ2n) is 4.18. The van der Waals surface area contributed by atoms with E-state index in [1.54, 1.807) is 16.3 Å². The molecule has 2 heterocycles. The summed E-state index contributed by atoms with van der Waals surface area (Å²) in [6.07, 6.45) is 1.56. The SMILES string of the molecule is COc1cnn(C(C)C)c1C(=O)c1csc(C)n1. The Balaban J connectivity index is 2.49. The molecule has 0 amide bonds. The molecule has 5 nitrogen and oxygen atoms in total. The highest BCUT2D eigenvalue weighted by Gasteiger charge is 2.23. The molecular weight excluding hydrogens is 250 g/mol. The second-order valence-corrected chi connectivity index (χ2v) is 5.24. The first-order valence-electron chi connectivity index (χ1n) is 5.63. The van der Waals surface area contributed by atoms with Crippen LogP contribution in [0.5, 0.6) is 5.75 Å². The Kier molecular flexibility index (Phi) is 3.47. The number of ether oxygens (including phenoxy) is 1. The summed E-state index contributed by atoms with van der Waals surface area (Å²) >= 11 is 1.46. The van der Waals surface area contributed by atoms with Gasteiger partial charge in [0.15, 0.2) is 11.4 Å². The van der Waals surface area contributed by atoms with Crippen molar-refractivity contribution in [1.29, 1.82) is 0 Å². The fraction of sp³-hybridized carbons (Fsp3) is 0.417. The summed E-state index contributed by atoms with van der Waals surface area (Å²) in [4.78, 5) is 16.6. The van der Waals surface area contributed by atoms with E-state index in [9.17, 15) is 4.79 Å². The van der Waals surface area contributed by atoms with Crippen LogP contribution in [0.3, 0.4) is 0 Å². The molecule has 0 spiro atoms. The zero-order valence-corrected chi connectivity index (χ0v) is 11.6. The van der Waals surface area contributed by atoms with E-state index >= 15 is 0 Å². The number of thiazole rings is 1. The van der Waals surface area contributed by atoms with Crippen molar-refractivity contribution in [2.24, 2.45) is 0 Å². The van der Waals surface area contributed by atoms with E-state index in [0.29, 0.717) is 17.1 Å². The summed E-state index contributed by atoms with van der Waals surface area (Å²) in [6, 6.07) is 0.0904. The number of methoxy groups -OCH3 is 1. The van der Waals surface area contributed by atoms with Crippen molar-refractivity contribution in [3.8, 4) is 5.75 Å². The smallest absolute Gasteiger partial charge is 0.234 e. The van der Waals surface area contributed by atoms with Crippen molar-refractivity contribution in [2.45, 2.75) is 26.8 Å². The Hall–Kier alpha value is -1.69. The van der Waals surface area contributed by atoms with Gasteiger partial charge in [-0.05, 0) is 20.8 Å². The summed E-state index contributed by atoms with van der Waals surface area (Å²) in [5.41, 5.74) is 0.899. The van der Waals surface area contributed by atoms with Crippen LogP contribution in [0, 0.1) is 6.92 Å². The highest BCUT2D eigenvalue weighted by Crippen LogP contribution is 2.24. The van der Waals surface area contributed by atoms with E-state index in [0.717, 1.165) is 5.01 Å². The van der Waals surface area contributed by atoms with Crippen molar-refractivity contribution in [3.63, 3.8) is 0 Å². The zero-order valence-electron chi connectivity index (χ0n) is 10.8. The van der Waals surface area contributed by atoms with E-state index < -0.39 is 0 Å². The lowest BCUT2D eigenvalue weighted by Gasteiger charge is -2.10. The first-order chi connectivity index (χ1) is 8.54. The molecule has 0 aliphatic carbocycles. The Labute approximate surface area is 109 Å². The normalized spacial score (nSPS) is 10.9. The number of aryl methyl sites for hydroxylation is 1. The average Bonchev–Trinajstić information content (AvgIpc) is 2.93. The Morgan fingerprint density at radius 2 is 2.22 bits per heavy atom. The van der Waals surface area contributed by atoms with Gasteiger partial charge in [-0.1, -0.05) is 0 Å². The van der Waals surface area contributed by atoms with Crippen molar-refractivity contribution < 1.29 is 9.53 Å². The quantitative estimate of drug-likeness (QED) is 0.797. The number of ketones is 1. The van der Waals surface area contributed by atoms with E-state index in [-0.39, 0.29) is 11.8 Å². The van der Waals surface area contributed by atoms with Crippen molar-refractivity contribution >= 4 is 17.1 Å². The third kappa shape index (κ3) is 2.15. The monoisotopic (exact) mass is 265 g/mol. The molecule has 18 heavy (non-hydrogen) atoms. The maximum atomic E-state index is 12.4. The van der Waals surface area contributed by atoms with E-state index in [4.69, 9.17) is 4.74 Å². The van der Waals surface area contributed by atoms with E-state index in [1.165, 1.54) is 18.4 Å². The van der Waals surface area contributed by atoms with Crippen LogP contribution in [0.4, 0.5) is 0 Å². The van der Waals surface area contributed by atoms with Crippen LogP contribution in [0.15, 0.2) is 11.6 Å². The number of hydrogen-bond acceptors (Lipinski definition) is 5. The minimum Gasteiger partial charge on any atom is -0.493 e. The van der Waals surface area contributed by atoms with Crippen LogP contribution in [-0.4, -0.2) is 27.7 Å². The number of aromatic nitrogens is 3. The molecule has 96 valence electrons. The van der Waals surface area contributed by atoms with Gasteiger partial charge < -0.3 is 4.74 Å². The maximum Gasteiger partial charge on any atom is 0.234 e. The number of hydrogen-bond donors (Lipinski definition) is 0. The number of nitrogens with zero attached hydrogens (tertiary/aromatic N) is 3. The molecule has 0 saturated carbocycles. The molecule has 0 unspecified atom stereocenters. The largest absolute Gasteiger partial charge is 0.493 e. The lowest BCUT2D eigenvalue weighted by molar-refractivity contribution is 0.102. The third-order valence-corrected chi connectivity index (χ3v) is 3.31. The predicted octanol–water partition coefficient (Wildman–Crippen LogP) is 2.47. The molecule has 0 atom stereocenters. The predicted molar refractivity (Wildman–Crippen MR) is 69.4 cm³/mol. The first-order valence-corrected chi connectivity index (χ1v) is 6.51. The minimum absolute atomic E-state index is 0.0904. The molecule has 6 heteroatoms. The van der Waals surface area contributed by atoms with Crippen LogP contribution < -0.4 is 4.74 Å². The molecule has 2 aromatic rings. The topological polar surface area (TPSA) is 57.0 Å². The molecule has 0 aliphatic rings. The maximum absolute atomic E-state index is 12.4. The third-order valence-electron chi connectivity index (χ3n) is 2.54. The molecule has 2 aromatic heterocycles. The summed E-state index contributed by atoms with van der Waals surface area (Å²) in [5.74, 6) is 0.335.